The first kappa shape index (κ1) is 17.3. The van der Waals surface area contributed by atoms with Crippen LogP contribution in [0.4, 0.5) is 4.79 Å². The number of cyclic esters (lactones) is 1. The van der Waals surface area contributed by atoms with Crippen LogP contribution in [0.3, 0.4) is 0 Å². The van der Waals surface area contributed by atoms with Crippen molar-refractivity contribution in [3.05, 3.63) is 11.6 Å². The van der Waals surface area contributed by atoms with Gasteiger partial charge in [0.05, 0.1) is 12.6 Å². The van der Waals surface area contributed by atoms with Gasteiger partial charge in [-0.1, -0.05) is 6.08 Å². The van der Waals surface area contributed by atoms with E-state index in [1.165, 1.54) is 0 Å². The number of carbonyl (C=O) groups excluding carboxylic acids is 3. The van der Waals surface area contributed by atoms with Crippen molar-refractivity contribution in [1.29, 1.82) is 0 Å². The summed E-state index contributed by atoms with van der Waals surface area (Å²) in [6.07, 6.45) is 2.79. The fourth-order valence-electron chi connectivity index (χ4n) is 2.65. The maximum absolute atomic E-state index is 12.0. The molecule has 2 rings (SSSR count). The molecule has 0 radical (unpaired) electrons. The lowest BCUT2D eigenvalue weighted by molar-refractivity contribution is -0.135. The van der Waals surface area contributed by atoms with Crippen molar-refractivity contribution in [1.82, 2.24) is 10.6 Å². The Morgan fingerprint density at radius 1 is 1.48 bits per heavy atom. The van der Waals surface area contributed by atoms with Crippen LogP contribution in [-0.2, 0) is 19.1 Å². The Balaban J connectivity index is 2.06. The van der Waals surface area contributed by atoms with Gasteiger partial charge in [0.2, 0.25) is 5.91 Å². The summed E-state index contributed by atoms with van der Waals surface area (Å²) in [5.74, 6) is -0.561. The van der Waals surface area contributed by atoms with E-state index in [-0.39, 0.29) is 17.8 Å². The molecule has 7 nitrogen and oxygen atoms in total. The summed E-state index contributed by atoms with van der Waals surface area (Å²) in [5.41, 5.74) is -0.0804. The Kier molecular flexibility index (Phi) is 5.28. The van der Waals surface area contributed by atoms with Crippen molar-refractivity contribution in [2.75, 3.05) is 13.2 Å². The quantitative estimate of drug-likeness (QED) is 0.600. The maximum Gasteiger partial charge on any atom is 0.408 e. The third kappa shape index (κ3) is 5.26. The van der Waals surface area contributed by atoms with Crippen LogP contribution < -0.4 is 10.6 Å². The number of nitrogens with one attached hydrogen (secondary N) is 2. The van der Waals surface area contributed by atoms with Crippen molar-refractivity contribution >= 4 is 18.0 Å². The van der Waals surface area contributed by atoms with Crippen molar-refractivity contribution in [2.45, 2.75) is 51.7 Å². The van der Waals surface area contributed by atoms with Crippen LogP contribution in [0.1, 0.15) is 40.0 Å². The van der Waals surface area contributed by atoms with Gasteiger partial charge in [0.1, 0.15) is 5.60 Å². The molecule has 0 aliphatic carbocycles. The van der Waals surface area contributed by atoms with Crippen LogP contribution in [0, 0.1) is 5.92 Å². The molecule has 2 atom stereocenters. The molecular formula is C16H24N2O5. The predicted octanol–water partition coefficient (Wildman–Crippen LogP) is 1.28. The fraction of sp³-hybridized carbons (Fsp3) is 0.688. The molecule has 0 spiro atoms. The SMILES string of the molecule is CC(C)(C)OC(=O)N[C@H](/C=C1/CCOC1=O)C[C@@H]1CCNC1=O. The van der Waals surface area contributed by atoms with Gasteiger partial charge in [-0.05, 0) is 33.6 Å². The van der Waals surface area contributed by atoms with Gasteiger partial charge in [-0.15, -0.1) is 0 Å². The first-order valence-corrected chi connectivity index (χ1v) is 7.89. The number of hydrogen-bond acceptors (Lipinski definition) is 5. The summed E-state index contributed by atoms with van der Waals surface area (Å²) in [6.45, 7) is 6.32. The van der Waals surface area contributed by atoms with E-state index < -0.39 is 17.7 Å². The van der Waals surface area contributed by atoms with Gasteiger partial charge in [0.25, 0.3) is 0 Å². The lowest BCUT2D eigenvalue weighted by atomic mass is 9.96. The number of alkyl carbamates (subject to hydrolysis) is 1. The summed E-state index contributed by atoms with van der Waals surface area (Å²) in [6, 6.07) is -0.445. The van der Waals surface area contributed by atoms with Gasteiger partial charge in [-0.2, -0.15) is 0 Å². The first-order valence-electron chi connectivity index (χ1n) is 7.89. The zero-order chi connectivity index (χ0) is 17.0. The Hall–Kier alpha value is -2.05. The average molecular weight is 324 g/mol. The number of carbonyl (C=O) groups is 3. The van der Waals surface area contributed by atoms with Crippen LogP contribution in [0.15, 0.2) is 11.6 Å². The second-order valence-electron chi connectivity index (χ2n) is 6.84. The highest BCUT2D eigenvalue weighted by atomic mass is 16.6. The van der Waals surface area contributed by atoms with Gasteiger partial charge >= 0.3 is 12.1 Å². The summed E-state index contributed by atoms with van der Waals surface area (Å²) < 4.78 is 10.2. The molecule has 128 valence electrons. The van der Waals surface area contributed by atoms with E-state index in [0.29, 0.717) is 31.6 Å². The Bertz CT molecular complexity index is 521. The average Bonchev–Trinajstić information content (AvgIpc) is 2.97. The van der Waals surface area contributed by atoms with Crippen LogP contribution in [0.2, 0.25) is 0 Å². The number of amides is 2. The minimum atomic E-state index is -0.612. The van der Waals surface area contributed by atoms with Crippen LogP contribution in [-0.4, -0.2) is 42.8 Å². The molecule has 23 heavy (non-hydrogen) atoms. The molecule has 2 aliphatic heterocycles. The Morgan fingerprint density at radius 3 is 2.74 bits per heavy atom. The van der Waals surface area contributed by atoms with E-state index in [9.17, 15) is 14.4 Å². The predicted molar refractivity (Wildman–Crippen MR) is 82.6 cm³/mol. The zero-order valence-electron chi connectivity index (χ0n) is 13.8. The molecule has 2 saturated heterocycles. The highest BCUT2D eigenvalue weighted by Gasteiger charge is 2.29. The van der Waals surface area contributed by atoms with E-state index in [1.54, 1.807) is 26.8 Å². The third-order valence-electron chi connectivity index (χ3n) is 3.67. The molecule has 2 N–H and O–H groups in total. The summed E-state index contributed by atoms with van der Waals surface area (Å²) in [4.78, 5) is 35.4. The lowest BCUT2D eigenvalue weighted by Gasteiger charge is -2.23. The van der Waals surface area contributed by atoms with Crippen LogP contribution >= 0.6 is 0 Å². The number of esters is 1. The van der Waals surface area contributed by atoms with Crippen molar-refractivity contribution in [2.24, 2.45) is 5.92 Å². The number of ether oxygens (including phenoxy) is 2. The second kappa shape index (κ2) is 7.02. The molecule has 7 heteroatoms. The summed E-state index contributed by atoms with van der Waals surface area (Å²) >= 11 is 0. The second-order valence-corrected chi connectivity index (χ2v) is 6.84. The van der Waals surface area contributed by atoms with E-state index >= 15 is 0 Å². The molecular weight excluding hydrogens is 300 g/mol. The molecule has 0 aromatic rings. The molecule has 2 fully saturated rings. The van der Waals surface area contributed by atoms with Gasteiger partial charge < -0.3 is 20.1 Å². The molecule has 0 aromatic heterocycles. The highest BCUT2D eigenvalue weighted by Crippen LogP contribution is 2.20. The van der Waals surface area contributed by atoms with Crippen LogP contribution in [0.25, 0.3) is 0 Å². The third-order valence-corrected chi connectivity index (χ3v) is 3.67. The molecule has 0 bridgehead atoms. The summed E-state index contributed by atoms with van der Waals surface area (Å²) in [5, 5.41) is 5.52. The monoisotopic (exact) mass is 324 g/mol. The maximum atomic E-state index is 12.0. The van der Waals surface area contributed by atoms with Crippen LogP contribution in [0.5, 0.6) is 0 Å². The molecule has 2 heterocycles. The summed E-state index contributed by atoms with van der Waals surface area (Å²) in [7, 11) is 0. The Labute approximate surface area is 135 Å². The smallest absolute Gasteiger partial charge is 0.408 e. The van der Waals surface area contributed by atoms with E-state index in [1.807, 2.05) is 0 Å². The molecule has 0 aromatic carbocycles. The number of hydrogen-bond donors (Lipinski definition) is 2. The molecule has 0 unspecified atom stereocenters. The minimum Gasteiger partial charge on any atom is -0.462 e. The van der Waals surface area contributed by atoms with Crippen molar-refractivity contribution in [3.8, 4) is 0 Å². The first-order chi connectivity index (χ1) is 10.7. The van der Waals surface area contributed by atoms with Gasteiger partial charge in [0, 0.05) is 24.5 Å². The van der Waals surface area contributed by atoms with Gasteiger partial charge in [-0.25, -0.2) is 9.59 Å². The number of rotatable bonds is 4. The molecule has 2 aliphatic rings. The van der Waals surface area contributed by atoms with Crippen molar-refractivity contribution < 1.29 is 23.9 Å². The topological polar surface area (TPSA) is 93.7 Å². The Morgan fingerprint density at radius 2 is 2.22 bits per heavy atom. The van der Waals surface area contributed by atoms with Gasteiger partial charge in [-0.3, -0.25) is 4.79 Å². The van der Waals surface area contributed by atoms with Crippen molar-refractivity contribution in [3.63, 3.8) is 0 Å². The van der Waals surface area contributed by atoms with E-state index in [0.717, 1.165) is 6.42 Å². The fourth-order valence-corrected chi connectivity index (χ4v) is 2.65. The van der Waals surface area contributed by atoms with E-state index in [4.69, 9.17) is 9.47 Å². The van der Waals surface area contributed by atoms with E-state index in [2.05, 4.69) is 10.6 Å². The largest absolute Gasteiger partial charge is 0.462 e. The molecule has 0 saturated carbocycles. The molecule has 2 amide bonds. The van der Waals surface area contributed by atoms with Gasteiger partial charge in [0.15, 0.2) is 0 Å². The standard InChI is InChI=1S/C16H24N2O5/c1-16(2,3)23-15(21)18-12(8-10-4-6-17-13(10)19)9-11-5-7-22-14(11)20/h9-10,12H,4-8H2,1-3H3,(H,17,19)(H,18,21)/b11-9-/t10-,12-/m0/s1. The lowest BCUT2D eigenvalue weighted by Crippen LogP contribution is -2.40. The normalized spacial score (nSPS) is 24.3. The zero-order valence-corrected chi connectivity index (χ0v) is 13.8. The highest BCUT2D eigenvalue weighted by molar-refractivity contribution is 5.90. The minimum absolute atomic E-state index is 0.0200.